The van der Waals surface area contributed by atoms with Crippen LogP contribution in [0.2, 0.25) is 0 Å². The van der Waals surface area contributed by atoms with Crippen molar-refractivity contribution in [2.75, 3.05) is 13.2 Å². The highest BCUT2D eigenvalue weighted by atomic mass is 35.5. The van der Waals surface area contributed by atoms with Crippen LogP contribution in [0.4, 0.5) is 0 Å². The molecule has 2 atom stereocenters. The summed E-state index contributed by atoms with van der Waals surface area (Å²) in [5.74, 6) is -0.0329. The minimum absolute atomic E-state index is 0. The van der Waals surface area contributed by atoms with Gasteiger partial charge in [-0.1, -0.05) is 0 Å². The summed E-state index contributed by atoms with van der Waals surface area (Å²) in [5, 5.41) is 0. The fourth-order valence-electron chi connectivity index (χ4n) is 2.77. The molecule has 1 aromatic rings. The number of piperidine rings is 1. The Kier molecular flexibility index (Phi) is 7.32. The van der Waals surface area contributed by atoms with E-state index in [1.807, 2.05) is 11.8 Å². The zero-order chi connectivity index (χ0) is 16.1. The van der Waals surface area contributed by atoms with E-state index in [9.17, 15) is 9.59 Å². The molecular formula is C16H24ClN3O3. The molecule has 2 rings (SSSR count). The number of primary amides is 1. The average Bonchev–Trinajstić information content (AvgIpc) is 2.52. The lowest BCUT2D eigenvalue weighted by Crippen LogP contribution is -2.51. The number of rotatable bonds is 5. The third-order valence-corrected chi connectivity index (χ3v) is 3.90. The van der Waals surface area contributed by atoms with Crippen LogP contribution in [0, 0.1) is 0 Å². The number of hydrogen-bond acceptors (Lipinski definition) is 4. The van der Waals surface area contributed by atoms with Gasteiger partial charge >= 0.3 is 0 Å². The van der Waals surface area contributed by atoms with Crippen LogP contribution in [-0.2, 0) is 4.79 Å². The number of hydrogen-bond donors (Lipinski definition) is 2. The predicted octanol–water partition coefficient (Wildman–Crippen LogP) is 1.31. The molecule has 1 saturated heterocycles. The maximum atomic E-state index is 12.6. The molecule has 23 heavy (non-hydrogen) atoms. The molecule has 128 valence electrons. The van der Waals surface area contributed by atoms with Gasteiger partial charge in [0.05, 0.1) is 0 Å². The average molecular weight is 342 g/mol. The number of nitrogens with two attached hydrogens (primary N) is 2. The van der Waals surface area contributed by atoms with E-state index in [0.717, 1.165) is 25.8 Å². The summed E-state index contributed by atoms with van der Waals surface area (Å²) < 4.78 is 5.19. The van der Waals surface area contributed by atoms with Gasteiger partial charge in [-0.3, -0.25) is 9.59 Å². The number of likely N-dealkylation sites (tertiary alicyclic amines) is 1. The number of ether oxygens (including phenoxy) is 1. The molecular weight excluding hydrogens is 318 g/mol. The molecule has 0 aliphatic carbocycles. The smallest absolute Gasteiger partial charge is 0.255 e. The van der Waals surface area contributed by atoms with Crippen LogP contribution in [0.3, 0.4) is 0 Å². The maximum Gasteiger partial charge on any atom is 0.255 e. The lowest BCUT2D eigenvalue weighted by Gasteiger charge is -2.38. The first-order valence-corrected chi connectivity index (χ1v) is 7.56. The van der Waals surface area contributed by atoms with E-state index in [2.05, 4.69) is 0 Å². The van der Waals surface area contributed by atoms with Crippen LogP contribution in [-0.4, -0.2) is 41.9 Å². The largest absolute Gasteiger partial charge is 0.484 e. The van der Waals surface area contributed by atoms with Crippen molar-refractivity contribution in [1.82, 2.24) is 4.90 Å². The maximum absolute atomic E-state index is 12.6. The second kappa shape index (κ2) is 8.74. The molecule has 2 unspecified atom stereocenters. The third-order valence-electron chi connectivity index (χ3n) is 3.90. The SMILES string of the molecule is CC(N)C1CCCCN1C(=O)c1ccc(OCC(N)=O)cc1.Cl. The van der Waals surface area contributed by atoms with Gasteiger partial charge in [-0.05, 0) is 50.5 Å². The summed E-state index contributed by atoms with van der Waals surface area (Å²) in [6.45, 7) is 2.51. The van der Waals surface area contributed by atoms with E-state index >= 15 is 0 Å². The number of amides is 2. The van der Waals surface area contributed by atoms with Gasteiger partial charge < -0.3 is 21.1 Å². The molecule has 0 aromatic heterocycles. The van der Waals surface area contributed by atoms with Gasteiger partial charge in [0.1, 0.15) is 5.75 Å². The number of halogens is 1. The highest BCUT2D eigenvalue weighted by Gasteiger charge is 2.29. The first-order valence-electron chi connectivity index (χ1n) is 7.56. The van der Waals surface area contributed by atoms with E-state index in [1.54, 1.807) is 24.3 Å². The first-order chi connectivity index (χ1) is 10.5. The van der Waals surface area contributed by atoms with Crippen molar-refractivity contribution in [2.45, 2.75) is 38.3 Å². The van der Waals surface area contributed by atoms with E-state index in [0.29, 0.717) is 11.3 Å². The minimum atomic E-state index is -0.534. The molecule has 1 heterocycles. The topological polar surface area (TPSA) is 98.7 Å². The lowest BCUT2D eigenvalue weighted by molar-refractivity contribution is -0.119. The van der Waals surface area contributed by atoms with Gasteiger partial charge in [0.15, 0.2) is 6.61 Å². The molecule has 1 aliphatic rings. The second-order valence-electron chi connectivity index (χ2n) is 5.70. The molecule has 0 radical (unpaired) electrons. The Balaban J connectivity index is 0.00000264. The standard InChI is InChI=1S/C16H23N3O3.ClH/c1-11(17)14-4-2-3-9-19(14)16(21)12-5-7-13(8-6-12)22-10-15(18)20;/h5-8,11,14H,2-4,9-10,17H2,1H3,(H2,18,20);1H. The number of carbonyl (C=O) groups is 2. The Hall–Kier alpha value is -1.79. The molecule has 0 spiro atoms. The van der Waals surface area contributed by atoms with Crippen LogP contribution in [0.5, 0.6) is 5.75 Å². The summed E-state index contributed by atoms with van der Waals surface area (Å²) >= 11 is 0. The lowest BCUT2D eigenvalue weighted by atomic mass is 9.96. The monoisotopic (exact) mass is 341 g/mol. The Morgan fingerprint density at radius 2 is 1.96 bits per heavy atom. The predicted molar refractivity (Wildman–Crippen MR) is 90.7 cm³/mol. The van der Waals surface area contributed by atoms with E-state index in [1.165, 1.54) is 0 Å². The van der Waals surface area contributed by atoms with Crippen LogP contribution in [0.15, 0.2) is 24.3 Å². The van der Waals surface area contributed by atoms with Crippen molar-refractivity contribution < 1.29 is 14.3 Å². The van der Waals surface area contributed by atoms with Crippen LogP contribution in [0.1, 0.15) is 36.5 Å². The van der Waals surface area contributed by atoms with Crippen molar-refractivity contribution in [1.29, 1.82) is 0 Å². The van der Waals surface area contributed by atoms with E-state index in [4.69, 9.17) is 16.2 Å². The van der Waals surface area contributed by atoms with E-state index in [-0.39, 0.29) is 37.0 Å². The summed E-state index contributed by atoms with van der Waals surface area (Å²) in [4.78, 5) is 25.2. The summed E-state index contributed by atoms with van der Waals surface area (Å²) in [6, 6.07) is 6.79. The first kappa shape index (κ1) is 19.3. The zero-order valence-corrected chi connectivity index (χ0v) is 14.1. The van der Waals surface area contributed by atoms with Gasteiger partial charge in [0, 0.05) is 24.2 Å². The number of benzene rings is 1. The molecule has 1 aliphatic heterocycles. The Labute approximate surface area is 142 Å². The van der Waals surface area contributed by atoms with Crippen molar-refractivity contribution in [2.24, 2.45) is 11.5 Å². The highest BCUT2D eigenvalue weighted by molar-refractivity contribution is 5.94. The van der Waals surface area contributed by atoms with Gasteiger partial charge in [0.25, 0.3) is 11.8 Å². The van der Waals surface area contributed by atoms with Gasteiger partial charge in [-0.2, -0.15) is 0 Å². The summed E-state index contributed by atoms with van der Waals surface area (Å²) in [5.41, 5.74) is 11.6. The highest BCUT2D eigenvalue weighted by Crippen LogP contribution is 2.22. The normalized spacial score (nSPS) is 18.7. The van der Waals surface area contributed by atoms with E-state index < -0.39 is 5.91 Å². The molecule has 0 saturated carbocycles. The van der Waals surface area contributed by atoms with Crippen LogP contribution >= 0.6 is 12.4 Å². The second-order valence-corrected chi connectivity index (χ2v) is 5.70. The fraction of sp³-hybridized carbons (Fsp3) is 0.500. The quantitative estimate of drug-likeness (QED) is 0.843. The molecule has 6 nitrogen and oxygen atoms in total. The molecule has 1 aromatic carbocycles. The molecule has 7 heteroatoms. The number of nitrogens with zero attached hydrogens (tertiary/aromatic N) is 1. The molecule has 0 bridgehead atoms. The van der Waals surface area contributed by atoms with Crippen LogP contribution < -0.4 is 16.2 Å². The minimum Gasteiger partial charge on any atom is -0.484 e. The van der Waals surface area contributed by atoms with Crippen molar-refractivity contribution in [3.05, 3.63) is 29.8 Å². The zero-order valence-electron chi connectivity index (χ0n) is 13.2. The van der Waals surface area contributed by atoms with Gasteiger partial charge in [-0.15, -0.1) is 12.4 Å². The Morgan fingerprint density at radius 3 is 2.52 bits per heavy atom. The number of carbonyl (C=O) groups excluding carboxylic acids is 2. The van der Waals surface area contributed by atoms with Crippen LogP contribution in [0.25, 0.3) is 0 Å². The van der Waals surface area contributed by atoms with Crippen molar-refractivity contribution in [3.8, 4) is 5.75 Å². The molecule has 1 fully saturated rings. The van der Waals surface area contributed by atoms with Crippen molar-refractivity contribution in [3.63, 3.8) is 0 Å². The molecule has 2 amide bonds. The van der Waals surface area contributed by atoms with Crippen molar-refractivity contribution >= 4 is 24.2 Å². The summed E-state index contributed by atoms with van der Waals surface area (Å²) in [6.07, 6.45) is 3.06. The summed E-state index contributed by atoms with van der Waals surface area (Å²) in [7, 11) is 0. The van der Waals surface area contributed by atoms with Gasteiger partial charge in [0.2, 0.25) is 0 Å². The Bertz CT molecular complexity index is 534. The molecule has 4 N–H and O–H groups in total. The van der Waals surface area contributed by atoms with Gasteiger partial charge in [-0.25, -0.2) is 0 Å². The third kappa shape index (κ3) is 5.11. The fourth-order valence-corrected chi connectivity index (χ4v) is 2.77. The Morgan fingerprint density at radius 1 is 1.30 bits per heavy atom.